The molecule has 0 aromatic heterocycles. The molecule has 0 N–H and O–H groups in total. The molecule has 0 rings (SSSR count). The lowest BCUT2D eigenvalue weighted by Crippen LogP contribution is -2.33. The molecule has 0 aliphatic carbocycles. The molecule has 2 atom stereocenters. The van der Waals surface area contributed by atoms with E-state index in [1.165, 1.54) is 0 Å². The highest BCUT2D eigenvalue weighted by molar-refractivity contribution is 5.72. The second-order valence-corrected chi connectivity index (χ2v) is 3.25. The summed E-state index contributed by atoms with van der Waals surface area (Å²) in [6, 6.07) is 0. The van der Waals surface area contributed by atoms with E-state index >= 15 is 0 Å². The number of esters is 1. The van der Waals surface area contributed by atoms with Gasteiger partial charge in [0.05, 0.1) is 18.9 Å². The van der Waals surface area contributed by atoms with Crippen molar-refractivity contribution in [2.24, 2.45) is 11.8 Å². The van der Waals surface area contributed by atoms with Gasteiger partial charge in [0.15, 0.2) is 0 Å². The van der Waals surface area contributed by atoms with Gasteiger partial charge in [0.1, 0.15) is 0 Å². The van der Waals surface area contributed by atoms with Crippen LogP contribution in [-0.2, 0) is 9.53 Å². The fourth-order valence-electron chi connectivity index (χ4n) is 1.26. The Morgan fingerprint density at radius 3 is 2.21 bits per heavy atom. The molecule has 0 aromatic rings. The number of rotatable bonds is 4. The van der Waals surface area contributed by atoms with Crippen LogP contribution < -0.4 is 0 Å². The van der Waals surface area contributed by atoms with E-state index in [4.69, 9.17) is 0 Å². The van der Waals surface area contributed by atoms with E-state index in [1.807, 2.05) is 0 Å². The van der Waals surface area contributed by atoms with E-state index < -0.39 is 24.0 Å². The Morgan fingerprint density at radius 2 is 1.93 bits per heavy atom. The molecule has 0 amide bonds. The van der Waals surface area contributed by atoms with Crippen molar-refractivity contribution in [2.45, 2.75) is 32.9 Å². The minimum Gasteiger partial charge on any atom is -0.469 e. The predicted molar refractivity (Wildman–Crippen MR) is 45.6 cm³/mol. The van der Waals surface area contributed by atoms with Crippen molar-refractivity contribution in [2.75, 3.05) is 7.11 Å². The third-order valence-electron chi connectivity index (χ3n) is 2.22. The summed E-state index contributed by atoms with van der Waals surface area (Å²) in [5, 5.41) is 0. The molecule has 0 saturated heterocycles. The lowest BCUT2D eigenvalue weighted by Gasteiger charge is -2.23. The number of alkyl halides is 3. The molecular weight excluding hydrogens is 197 g/mol. The molecule has 0 aliphatic heterocycles. The van der Waals surface area contributed by atoms with Gasteiger partial charge in [-0.3, -0.25) is 4.79 Å². The van der Waals surface area contributed by atoms with Gasteiger partial charge in [0, 0.05) is 0 Å². The van der Waals surface area contributed by atoms with Crippen LogP contribution in [0.15, 0.2) is 0 Å². The molecule has 0 spiro atoms. The molecule has 0 radical (unpaired) electrons. The van der Waals surface area contributed by atoms with Crippen LogP contribution in [0.1, 0.15) is 26.7 Å². The van der Waals surface area contributed by atoms with Crippen LogP contribution in [0, 0.1) is 11.8 Å². The largest absolute Gasteiger partial charge is 0.469 e. The van der Waals surface area contributed by atoms with Crippen molar-refractivity contribution >= 4 is 5.97 Å². The van der Waals surface area contributed by atoms with Crippen LogP contribution in [0.4, 0.5) is 13.2 Å². The first-order valence-corrected chi connectivity index (χ1v) is 4.49. The molecular formula is C9H15F3O2. The second kappa shape index (κ2) is 5.22. The summed E-state index contributed by atoms with van der Waals surface area (Å²) in [5.41, 5.74) is 0. The fourth-order valence-corrected chi connectivity index (χ4v) is 1.26. The van der Waals surface area contributed by atoms with Gasteiger partial charge in [-0.05, 0) is 6.42 Å². The van der Waals surface area contributed by atoms with E-state index in [2.05, 4.69) is 4.74 Å². The minimum atomic E-state index is -4.34. The number of hydrogen-bond acceptors (Lipinski definition) is 2. The molecule has 14 heavy (non-hydrogen) atoms. The van der Waals surface area contributed by atoms with Crippen LogP contribution in [0.25, 0.3) is 0 Å². The van der Waals surface area contributed by atoms with Crippen LogP contribution >= 0.6 is 0 Å². The average Bonchev–Trinajstić information content (AvgIpc) is 2.10. The van der Waals surface area contributed by atoms with Crippen LogP contribution in [-0.4, -0.2) is 19.3 Å². The molecule has 2 unspecified atom stereocenters. The zero-order valence-electron chi connectivity index (χ0n) is 8.52. The fraction of sp³-hybridized carbons (Fsp3) is 0.889. The van der Waals surface area contributed by atoms with E-state index in [0.29, 0.717) is 6.42 Å². The van der Waals surface area contributed by atoms with E-state index in [1.54, 1.807) is 6.92 Å². The standard InChI is InChI=1S/C9H15F3O2/c1-4-5-7(8(13)14-3)6(2)9(10,11)12/h6-7H,4-5H2,1-3H3. The lowest BCUT2D eigenvalue weighted by molar-refractivity contribution is -0.193. The summed E-state index contributed by atoms with van der Waals surface area (Å²) in [6.45, 7) is 2.75. The van der Waals surface area contributed by atoms with Crippen molar-refractivity contribution in [3.05, 3.63) is 0 Å². The van der Waals surface area contributed by atoms with E-state index in [-0.39, 0.29) is 6.42 Å². The molecule has 2 nitrogen and oxygen atoms in total. The highest BCUT2D eigenvalue weighted by atomic mass is 19.4. The molecule has 0 saturated carbocycles. The summed E-state index contributed by atoms with van der Waals surface area (Å²) in [6.07, 6.45) is -3.61. The zero-order chi connectivity index (χ0) is 11.4. The van der Waals surface area contributed by atoms with Gasteiger partial charge in [-0.2, -0.15) is 13.2 Å². The van der Waals surface area contributed by atoms with Gasteiger partial charge in [0.25, 0.3) is 0 Å². The van der Waals surface area contributed by atoms with Gasteiger partial charge >= 0.3 is 12.1 Å². The summed E-state index contributed by atoms with van der Waals surface area (Å²) >= 11 is 0. The minimum absolute atomic E-state index is 0.202. The third kappa shape index (κ3) is 3.55. The third-order valence-corrected chi connectivity index (χ3v) is 2.22. The van der Waals surface area contributed by atoms with E-state index in [0.717, 1.165) is 14.0 Å². The highest BCUT2D eigenvalue weighted by Crippen LogP contribution is 2.34. The summed E-state index contributed by atoms with van der Waals surface area (Å²) < 4.78 is 41.3. The maximum absolute atomic E-state index is 12.3. The van der Waals surface area contributed by atoms with Crippen molar-refractivity contribution in [1.82, 2.24) is 0 Å². The topological polar surface area (TPSA) is 26.3 Å². The Bertz CT molecular complexity index is 189. The quantitative estimate of drug-likeness (QED) is 0.670. The Kier molecular flexibility index (Phi) is 4.94. The Hall–Kier alpha value is -0.740. The number of methoxy groups -OCH3 is 1. The summed E-state index contributed by atoms with van der Waals surface area (Å²) in [7, 11) is 1.11. The second-order valence-electron chi connectivity index (χ2n) is 3.25. The normalized spacial score (nSPS) is 16.1. The summed E-state index contributed by atoms with van der Waals surface area (Å²) in [5.74, 6) is -3.50. The molecule has 0 heterocycles. The summed E-state index contributed by atoms with van der Waals surface area (Å²) in [4.78, 5) is 11.1. The van der Waals surface area contributed by atoms with Crippen molar-refractivity contribution in [3.63, 3.8) is 0 Å². The van der Waals surface area contributed by atoms with Crippen molar-refractivity contribution < 1.29 is 22.7 Å². The maximum Gasteiger partial charge on any atom is 0.392 e. The van der Waals surface area contributed by atoms with Crippen LogP contribution in [0.5, 0.6) is 0 Å². The SMILES string of the molecule is CCCC(C(=O)OC)C(C)C(F)(F)F. The van der Waals surface area contributed by atoms with Gasteiger partial charge in [0.2, 0.25) is 0 Å². The monoisotopic (exact) mass is 212 g/mol. The smallest absolute Gasteiger partial charge is 0.392 e. The first-order chi connectivity index (χ1) is 6.34. The van der Waals surface area contributed by atoms with Crippen LogP contribution in [0.3, 0.4) is 0 Å². The zero-order valence-corrected chi connectivity index (χ0v) is 8.52. The van der Waals surface area contributed by atoms with Crippen molar-refractivity contribution in [1.29, 1.82) is 0 Å². The van der Waals surface area contributed by atoms with Crippen molar-refractivity contribution in [3.8, 4) is 0 Å². The van der Waals surface area contributed by atoms with Gasteiger partial charge in [-0.1, -0.05) is 20.3 Å². The van der Waals surface area contributed by atoms with E-state index in [9.17, 15) is 18.0 Å². The number of carbonyl (C=O) groups excluding carboxylic acids is 1. The number of halogens is 3. The van der Waals surface area contributed by atoms with Gasteiger partial charge in [-0.25, -0.2) is 0 Å². The number of ether oxygens (including phenoxy) is 1. The highest BCUT2D eigenvalue weighted by Gasteiger charge is 2.44. The molecule has 0 aromatic carbocycles. The average molecular weight is 212 g/mol. The predicted octanol–water partition coefficient (Wildman–Crippen LogP) is 2.77. The number of hydrogen-bond donors (Lipinski definition) is 0. The van der Waals surface area contributed by atoms with Gasteiger partial charge < -0.3 is 4.74 Å². The maximum atomic E-state index is 12.3. The Labute approximate surface area is 81.4 Å². The molecule has 0 fully saturated rings. The first-order valence-electron chi connectivity index (χ1n) is 4.49. The number of carbonyl (C=O) groups is 1. The Morgan fingerprint density at radius 1 is 1.43 bits per heavy atom. The Balaban J connectivity index is 4.56. The lowest BCUT2D eigenvalue weighted by atomic mass is 9.89. The van der Waals surface area contributed by atoms with Gasteiger partial charge in [-0.15, -0.1) is 0 Å². The molecule has 84 valence electrons. The first kappa shape index (κ1) is 13.3. The molecule has 5 heteroatoms. The van der Waals surface area contributed by atoms with Crippen LogP contribution in [0.2, 0.25) is 0 Å². The molecule has 0 aliphatic rings. The molecule has 0 bridgehead atoms.